The van der Waals surface area contributed by atoms with Crippen LogP contribution in [-0.4, -0.2) is 55.0 Å². The largest absolute Gasteiger partial charge is 0.463 e. The van der Waals surface area contributed by atoms with Crippen molar-refractivity contribution in [2.75, 3.05) is 38.8 Å². The summed E-state index contributed by atoms with van der Waals surface area (Å²) >= 11 is 3.50. The number of nitrogens with zero attached hydrogens (tertiary/aromatic N) is 2. The van der Waals surface area contributed by atoms with Crippen LogP contribution in [0.2, 0.25) is 0 Å². The van der Waals surface area contributed by atoms with Gasteiger partial charge in [0.05, 0.1) is 19.8 Å². The molecule has 0 N–H and O–H groups in total. The molecule has 0 saturated heterocycles. The smallest absolute Gasteiger partial charge is 0.305 e. The van der Waals surface area contributed by atoms with E-state index in [1.807, 2.05) is 18.7 Å². The van der Waals surface area contributed by atoms with Crippen molar-refractivity contribution in [1.29, 1.82) is 0 Å². The molecule has 0 radical (unpaired) electrons. The summed E-state index contributed by atoms with van der Waals surface area (Å²) in [5.74, 6) is 1.03. The maximum Gasteiger partial charge on any atom is 0.305 e. The van der Waals surface area contributed by atoms with E-state index in [1.165, 1.54) is 57.8 Å². The van der Waals surface area contributed by atoms with Crippen molar-refractivity contribution >= 4 is 29.1 Å². The third-order valence-corrected chi connectivity index (χ3v) is 7.07. The van der Waals surface area contributed by atoms with E-state index < -0.39 is 0 Å². The molecule has 0 aliphatic carbocycles. The topological polar surface area (TPSA) is 70.5 Å². The van der Waals surface area contributed by atoms with Gasteiger partial charge in [0.25, 0.3) is 0 Å². The molecule has 186 valence electrons. The predicted octanol–water partition coefficient (Wildman–Crippen LogP) is 6.61. The molecule has 1 rings (SSSR count). The molecule has 1 heterocycles. The second-order valence-corrected chi connectivity index (χ2v) is 10.5. The minimum Gasteiger partial charge on any atom is -0.463 e. The first-order chi connectivity index (χ1) is 15.7. The number of aromatic nitrogens is 2. The number of unbranched alkanes of at least 4 members (excludes halogenated alkanes) is 10. The fraction of sp³-hybridized carbons (Fsp3) is 0.875. The average molecular weight is 489 g/mol. The van der Waals surface area contributed by atoms with Gasteiger partial charge in [0.15, 0.2) is 4.34 Å². The first kappa shape index (κ1) is 29.3. The Bertz CT molecular complexity index is 558. The van der Waals surface area contributed by atoms with Gasteiger partial charge in [-0.05, 0) is 26.2 Å². The lowest BCUT2D eigenvalue weighted by Gasteiger charge is -2.07. The summed E-state index contributed by atoms with van der Waals surface area (Å²) in [7, 11) is 0. The monoisotopic (exact) mass is 488 g/mol. The van der Waals surface area contributed by atoms with Gasteiger partial charge in [-0.2, -0.15) is 0 Å². The fourth-order valence-electron chi connectivity index (χ4n) is 3.17. The molecule has 0 fully saturated rings. The molecule has 8 heteroatoms. The molecule has 1 aromatic heterocycles. The molecule has 0 bridgehead atoms. The zero-order valence-electron chi connectivity index (χ0n) is 20.3. The van der Waals surface area contributed by atoms with Gasteiger partial charge in [0.1, 0.15) is 11.6 Å². The molecule has 0 aromatic carbocycles. The number of esters is 1. The lowest BCUT2D eigenvalue weighted by Crippen LogP contribution is -2.13. The second-order valence-electron chi connectivity index (χ2n) is 8.02. The third kappa shape index (κ3) is 18.8. The van der Waals surface area contributed by atoms with Gasteiger partial charge in [-0.1, -0.05) is 87.8 Å². The van der Waals surface area contributed by atoms with Crippen LogP contribution in [0.3, 0.4) is 0 Å². The molecular weight excluding hydrogens is 444 g/mol. The minimum atomic E-state index is -0.108. The van der Waals surface area contributed by atoms with Gasteiger partial charge in [0.2, 0.25) is 0 Å². The van der Waals surface area contributed by atoms with Gasteiger partial charge >= 0.3 is 5.97 Å². The van der Waals surface area contributed by atoms with Gasteiger partial charge in [-0.3, -0.25) is 4.79 Å². The van der Waals surface area contributed by atoms with Crippen molar-refractivity contribution in [3.05, 3.63) is 5.01 Å². The van der Waals surface area contributed by atoms with Crippen molar-refractivity contribution in [3.8, 4) is 0 Å². The zero-order chi connectivity index (χ0) is 23.1. The van der Waals surface area contributed by atoms with E-state index in [2.05, 4.69) is 17.1 Å². The molecule has 0 saturated carbocycles. The highest BCUT2D eigenvalue weighted by molar-refractivity contribution is 8.01. The highest BCUT2D eigenvalue weighted by atomic mass is 32.2. The van der Waals surface area contributed by atoms with Crippen LogP contribution < -0.4 is 0 Å². The lowest BCUT2D eigenvalue weighted by molar-refractivity contribution is -0.145. The lowest BCUT2D eigenvalue weighted by atomic mass is 10.1. The number of hydrogen-bond acceptors (Lipinski definition) is 8. The van der Waals surface area contributed by atoms with Gasteiger partial charge < -0.3 is 14.2 Å². The van der Waals surface area contributed by atoms with Gasteiger partial charge in [-0.25, -0.2) is 0 Å². The number of rotatable bonds is 23. The van der Waals surface area contributed by atoms with Crippen LogP contribution in [-0.2, 0) is 19.0 Å². The average Bonchev–Trinajstić information content (AvgIpc) is 3.20. The van der Waals surface area contributed by atoms with Crippen LogP contribution >= 0.6 is 23.1 Å². The number of ether oxygens (including phenoxy) is 3. The molecule has 0 amide bonds. The summed E-state index contributed by atoms with van der Waals surface area (Å²) in [6, 6.07) is 0. The highest BCUT2D eigenvalue weighted by Crippen LogP contribution is 2.23. The number of carbonyl (C=O) groups is 1. The zero-order valence-corrected chi connectivity index (χ0v) is 21.9. The normalized spacial score (nSPS) is 11.2. The summed E-state index contributed by atoms with van der Waals surface area (Å²) in [6.07, 6.45) is 15.0. The van der Waals surface area contributed by atoms with Crippen molar-refractivity contribution in [3.63, 3.8) is 0 Å². The van der Waals surface area contributed by atoms with E-state index in [0.717, 1.165) is 41.0 Å². The van der Waals surface area contributed by atoms with E-state index in [0.29, 0.717) is 32.8 Å². The molecule has 0 atom stereocenters. The second kappa shape index (κ2) is 22.1. The van der Waals surface area contributed by atoms with Crippen LogP contribution in [0.1, 0.15) is 95.4 Å². The molecule has 0 aliphatic rings. The molecule has 6 nitrogen and oxygen atoms in total. The Hall–Kier alpha value is -0.700. The van der Waals surface area contributed by atoms with Crippen LogP contribution in [0.4, 0.5) is 0 Å². The third-order valence-electron chi connectivity index (χ3n) is 5.01. The Balaban J connectivity index is 1.73. The number of thioether (sulfide) groups is 1. The highest BCUT2D eigenvalue weighted by Gasteiger charge is 2.03. The minimum absolute atomic E-state index is 0.108. The molecule has 1 aromatic rings. The summed E-state index contributed by atoms with van der Waals surface area (Å²) in [6.45, 7) is 6.97. The van der Waals surface area contributed by atoms with Gasteiger partial charge in [0, 0.05) is 18.8 Å². The van der Waals surface area contributed by atoms with Crippen LogP contribution in [0, 0.1) is 6.92 Å². The molecule has 0 spiro atoms. The first-order valence-electron chi connectivity index (χ1n) is 12.5. The Kier molecular flexibility index (Phi) is 20.3. The Morgan fingerprint density at radius 1 is 0.781 bits per heavy atom. The summed E-state index contributed by atoms with van der Waals surface area (Å²) in [5, 5.41) is 9.22. The van der Waals surface area contributed by atoms with E-state index in [4.69, 9.17) is 14.2 Å². The Labute approximate surface area is 203 Å². The van der Waals surface area contributed by atoms with E-state index in [1.54, 1.807) is 11.3 Å². The number of hydrogen-bond donors (Lipinski definition) is 0. The number of aryl methyl sites for hydroxylation is 1. The fourth-order valence-corrected chi connectivity index (χ4v) is 5.05. The van der Waals surface area contributed by atoms with E-state index in [-0.39, 0.29) is 5.97 Å². The van der Waals surface area contributed by atoms with Crippen LogP contribution in [0.25, 0.3) is 0 Å². The van der Waals surface area contributed by atoms with Crippen molar-refractivity contribution < 1.29 is 19.0 Å². The standard InChI is InChI=1S/C24H44N2O4S2/c1-3-4-5-13-16-28-17-18-29-19-20-30-23(27)15-12-10-8-6-7-9-11-14-21-31-24-26-25-22(2)32-24/h3-21H2,1-2H3. The van der Waals surface area contributed by atoms with Crippen LogP contribution in [0.5, 0.6) is 0 Å². The Morgan fingerprint density at radius 3 is 2.09 bits per heavy atom. The summed E-state index contributed by atoms with van der Waals surface area (Å²) in [5.41, 5.74) is 0. The number of carbonyl (C=O) groups excluding carboxylic acids is 1. The predicted molar refractivity (Wildman–Crippen MR) is 134 cm³/mol. The molecule has 0 unspecified atom stereocenters. The van der Waals surface area contributed by atoms with Gasteiger partial charge in [-0.15, -0.1) is 10.2 Å². The maximum atomic E-state index is 11.7. The van der Waals surface area contributed by atoms with Crippen molar-refractivity contribution in [1.82, 2.24) is 10.2 Å². The maximum absolute atomic E-state index is 11.7. The summed E-state index contributed by atoms with van der Waals surface area (Å²) < 4.78 is 17.2. The molecule has 0 aliphatic heterocycles. The van der Waals surface area contributed by atoms with E-state index >= 15 is 0 Å². The molecule has 32 heavy (non-hydrogen) atoms. The van der Waals surface area contributed by atoms with Crippen molar-refractivity contribution in [2.45, 2.75) is 102 Å². The quantitative estimate of drug-likeness (QED) is 0.0975. The van der Waals surface area contributed by atoms with Crippen LogP contribution in [0.15, 0.2) is 4.34 Å². The Morgan fingerprint density at radius 2 is 1.41 bits per heavy atom. The molecular formula is C24H44N2O4S2. The van der Waals surface area contributed by atoms with E-state index in [9.17, 15) is 4.79 Å². The first-order valence-corrected chi connectivity index (χ1v) is 14.3. The summed E-state index contributed by atoms with van der Waals surface area (Å²) in [4.78, 5) is 11.7. The SMILES string of the molecule is CCCCCCOCCOCCOC(=O)CCCCCCCCCCSc1nnc(C)s1. The van der Waals surface area contributed by atoms with Crippen molar-refractivity contribution in [2.24, 2.45) is 0 Å².